The molecular formula is C25H23N5O. The number of aryl methyl sites for hydroxylation is 2. The normalized spacial score (nSPS) is 10.4. The highest BCUT2D eigenvalue weighted by molar-refractivity contribution is 6.04. The molecule has 2 aromatic carbocycles. The molecule has 0 saturated heterocycles. The van der Waals surface area contributed by atoms with E-state index in [0.29, 0.717) is 5.56 Å². The van der Waals surface area contributed by atoms with E-state index in [2.05, 4.69) is 25.9 Å². The zero-order valence-electron chi connectivity index (χ0n) is 17.4. The molecule has 0 fully saturated rings. The van der Waals surface area contributed by atoms with Crippen molar-refractivity contribution in [1.82, 2.24) is 9.97 Å². The van der Waals surface area contributed by atoms with Crippen molar-refractivity contribution in [3.63, 3.8) is 0 Å². The first-order valence-corrected chi connectivity index (χ1v) is 9.96. The van der Waals surface area contributed by atoms with E-state index in [1.807, 2.05) is 74.6 Å². The van der Waals surface area contributed by atoms with Gasteiger partial charge >= 0.3 is 0 Å². The molecule has 0 atom stereocenters. The Morgan fingerprint density at radius 1 is 0.774 bits per heavy atom. The minimum absolute atomic E-state index is 0.163. The van der Waals surface area contributed by atoms with Gasteiger partial charge in [-0.1, -0.05) is 6.07 Å². The third-order valence-corrected chi connectivity index (χ3v) is 4.75. The number of carbonyl (C=O) groups excluding carboxylic acids is 1. The molecule has 0 saturated carbocycles. The molecule has 0 aliphatic carbocycles. The minimum atomic E-state index is -0.163. The van der Waals surface area contributed by atoms with Crippen LogP contribution in [-0.4, -0.2) is 15.9 Å². The lowest BCUT2D eigenvalue weighted by atomic mass is 10.1. The van der Waals surface area contributed by atoms with Gasteiger partial charge in [-0.3, -0.25) is 14.8 Å². The van der Waals surface area contributed by atoms with Gasteiger partial charge < -0.3 is 16.0 Å². The van der Waals surface area contributed by atoms with Crippen LogP contribution >= 0.6 is 0 Å². The first-order valence-electron chi connectivity index (χ1n) is 9.96. The maximum Gasteiger partial charge on any atom is 0.255 e. The predicted molar refractivity (Wildman–Crippen MR) is 125 cm³/mol. The van der Waals surface area contributed by atoms with Crippen LogP contribution < -0.4 is 16.0 Å². The number of hydrogen-bond acceptors (Lipinski definition) is 5. The Kier molecular flexibility index (Phi) is 5.89. The summed E-state index contributed by atoms with van der Waals surface area (Å²) in [6.45, 7) is 3.94. The Labute approximate surface area is 181 Å². The van der Waals surface area contributed by atoms with Crippen molar-refractivity contribution in [3.05, 3.63) is 102 Å². The SMILES string of the molecule is Cc1cc(Nc2ccc(C(=O)Nc3cccc(Nc4ccncc4C)c3)cc2)ccn1. The first kappa shape index (κ1) is 20.1. The summed E-state index contributed by atoms with van der Waals surface area (Å²) in [5.74, 6) is -0.163. The maximum absolute atomic E-state index is 12.7. The topological polar surface area (TPSA) is 78.9 Å². The lowest BCUT2D eigenvalue weighted by Gasteiger charge is -2.11. The van der Waals surface area contributed by atoms with Gasteiger partial charge in [0.1, 0.15) is 0 Å². The van der Waals surface area contributed by atoms with Crippen LogP contribution in [0.5, 0.6) is 0 Å². The van der Waals surface area contributed by atoms with Gasteiger partial charge in [-0.15, -0.1) is 0 Å². The van der Waals surface area contributed by atoms with Gasteiger partial charge in [-0.2, -0.15) is 0 Å². The molecule has 2 aromatic heterocycles. The molecule has 1 amide bonds. The Morgan fingerprint density at radius 3 is 2.32 bits per heavy atom. The fraction of sp³-hybridized carbons (Fsp3) is 0.0800. The lowest BCUT2D eigenvalue weighted by molar-refractivity contribution is 0.102. The highest BCUT2D eigenvalue weighted by Gasteiger charge is 2.07. The van der Waals surface area contributed by atoms with Gasteiger partial charge in [0.25, 0.3) is 5.91 Å². The standard InChI is InChI=1S/C25H23N5O/c1-17-16-26-12-11-24(17)29-21-4-3-5-22(15-21)30-25(31)19-6-8-20(9-7-19)28-23-10-13-27-18(2)14-23/h3-16H,1-2H3,(H,26,29)(H,27,28)(H,30,31). The molecule has 6 nitrogen and oxygen atoms in total. The molecular weight excluding hydrogens is 386 g/mol. The van der Waals surface area contributed by atoms with Crippen LogP contribution in [0.3, 0.4) is 0 Å². The van der Waals surface area contributed by atoms with E-state index < -0.39 is 0 Å². The summed E-state index contributed by atoms with van der Waals surface area (Å²) in [4.78, 5) is 21.0. The average Bonchev–Trinajstić information content (AvgIpc) is 2.76. The van der Waals surface area contributed by atoms with E-state index in [1.54, 1.807) is 24.5 Å². The summed E-state index contributed by atoms with van der Waals surface area (Å²) in [7, 11) is 0. The summed E-state index contributed by atoms with van der Waals surface area (Å²) in [5.41, 5.74) is 7.02. The number of anilines is 5. The molecule has 31 heavy (non-hydrogen) atoms. The third kappa shape index (κ3) is 5.25. The van der Waals surface area contributed by atoms with Crippen molar-refractivity contribution in [2.24, 2.45) is 0 Å². The molecule has 4 rings (SSSR count). The van der Waals surface area contributed by atoms with Crippen molar-refractivity contribution in [1.29, 1.82) is 0 Å². The summed E-state index contributed by atoms with van der Waals surface area (Å²) in [5, 5.41) is 9.62. The molecule has 0 aliphatic rings. The van der Waals surface area contributed by atoms with E-state index >= 15 is 0 Å². The number of rotatable bonds is 6. The fourth-order valence-electron chi connectivity index (χ4n) is 3.14. The van der Waals surface area contributed by atoms with E-state index in [-0.39, 0.29) is 5.91 Å². The Hall–Kier alpha value is -4.19. The summed E-state index contributed by atoms with van der Waals surface area (Å²) < 4.78 is 0. The molecule has 0 aliphatic heterocycles. The highest BCUT2D eigenvalue weighted by atomic mass is 16.1. The van der Waals surface area contributed by atoms with Crippen LogP contribution in [0.1, 0.15) is 21.6 Å². The van der Waals surface area contributed by atoms with Crippen molar-refractivity contribution >= 4 is 34.3 Å². The van der Waals surface area contributed by atoms with Gasteiger partial charge in [0.05, 0.1) is 0 Å². The second kappa shape index (κ2) is 9.09. The van der Waals surface area contributed by atoms with Crippen LogP contribution in [0.15, 0.2) is 85.3 Å². The summed E-state index contributed by atoms with van der Waals surface area (Å²) in [6, 6.07) is 20.8. The number of pyridine rings is 2. The molecule has 0 spiro atoms. The van der Waals surface area contributed by atoms with Crippen LogP contribution in [-0.2, 0) is 0 Å². The molecule has 2 heterocycles. The van der Waals surface area contributed by atoms with Crippen LogP contribution in [0.4, 0.5) is 28.4 Å². The number of nitrogens with one attached hydrogen (secondary N) is 3. The van der Waals surface area contributed by atoms with Crippen LogP contribution in [0.25, 0.3) is 0 Å². The average molecular weight is 409 g/mol. The highest BCUT2D eigenvalue weighted by Crippen LogP contribution is 2.23. The minimum Gasteiger partial charge on any atom is -0.355 e. The van der Waals surface area contributed by atoms with Crippen molar-refractivity contribution in [3.8, 4) is 0 Å². The second-order valence-electron chi connectivity index (χ2n) is 7.24. The monoisotopic (exact) mass is 409 g/mol. The van der Waals surface area contributed by atoms with Gasteiger partial charge in [0, 0.05) is 58.3 Å². The molecule has 0 radical (unpaired) electrons. The Morgan fingerprint density at radius 2 is 1.55 bits per heavy atom. The van der Waals surface area contributed by atoms with Crippen LogP contribution in [0, 0.1) is 13.8 Å². The zero-order valence-corrected chi connectivity index (χ0v) is 17.4. The van der Waals surface area contributed by atoms with Crippen molar-refractivity contribution in [2.45, 2.75) is 13.8 Å². The quantitative estimate of drug-likeness (QED) is 0.373. The Balaban J connectivity index is 1.41. The zero-order chi connectivity index (χ0) is 21.6. The molecule has 154 valence electrons. The molecule has 6 heteroatoms. The number of aromatic nitrogens is 2. The number of benzene rings is 2. The number of carbonyl (C=O) groups is 1. The van der Waals surface area contributed by atoms with Crippen molar-refractivity contribution < 1.29 is 4.79 Å². The van der Waals surface area contributed by atoms with Crippen molar-refractivity contribution in [2.75, 3.05) is 16.0 Å². The van der Waals surface area contributed by atoms with Crippen LogP contribution in [0.2, 0.25) is 0 Å². The fourth-order valence-corrected chi connectivity index (χ4v) is 3.14. The van der Waals surface area contributed by atoms with E-state index in [4.69, 9.17) is 0 Å². The molecule has 0 bridgehead atoms. The third-order valence-electron chi connectivity index (χ3n) is 4.75. The maximum atomic E-state index is 12.7. The Bertz CT molecular complexity index is 1200. The van der Waals surface area contributed by atoms with Gasteiger partial charge in [0.2, 0.25) is 0 Å². The van der Waals surface area contributed by atoms with Gasteiger partial charge in [-0.05, 0) is 80.1 Å². The molecule has 4 aromatic rings. The number of hydrogen-bond donors (Lipinski definition) is 3. The second-order valence-corrected chi connectivity index (χ2v) is 7.24. The number of nitrogens with zero attached hydrogens (tertiary/aromatic N) is 2. The number of amides is 1. The smallest absolute Gasteiger partial charge is 0.255 e. The largest absolute Gasteiger partial charge is 0.355 e. The van der Waals surface area contributed by atoms with E-state index in [9.17, 15) is 4.79 Å². The predicted octanol–water partition coefficient (Wildman–Crippen LogP) is 5.83. The van der Waals surface area contributed by atoms with Gasteiger partial charge in [0.15, 0.2) is 0 Å². The summed E-state index contributed by atoms with van der Waals surface area (Å²) in [6.07, 6.45) is 5.32. The summed E-state index contributed by atoms with van der Waals surface area (Å²) >= 11 is 0. The van der Waals surface area contributed by atoms with Gasteiger partial charge in [-0.25, -0.2) is 0 Å². The van der Waals surface area contributed by atoms with E-state index in [1.165, 1.54) is 0 Å². The first-order chi connectivity index (χ1) is 15.1. The molecule has 0 unspecified atom stereocenters. The lowest BCUT2D eigenvalue weighted by Crippen LogP contribution is -2.12. The molecule has 3 N–H and O–H groups in total. The van der Waals surface area contributed by atoms with E-state index in [0.717, 1.165) is 39.7 Å².